The second kappa shape index (κ2) is 7.94. The number of benzene rings is 1. The SMILES string of the molecule is Cc1cc2oc(=O)cc(COC(=O)CN(C)c3ccc(Cl)nn3)c2cc1Cl. The molecule has 0 fully saturated rings. The molecule has 0 radical (unpaired) electrons. The Balaban J connectivity index is 1.72. The number of halogens is 2. The average molecular weight is 408 g/mol. The lowest BCUT2D eigenvalue weighted by Crippen LogP contribution is -2.28. The summed E-state index contributed by atoms with van der Waals surface area (Å²) in [6, 6.07) is 7.87. The number of ether oxygens (including phenoxy) is 1. The zero-order valence-electron chi connectivity index (χ0n) is 14.5. The Hall–Kier alpha value is -2.64. The van der Waals surface area contributed by atoms with Gasteiger partial charge in [0.2, 0.25) is 0 Å². The van der Waals surface area contributed by atoms with Crippen LogP contribution in [0.4, 0.5) is 5.82 Å². The van der Waals surface area contributed by atoms with E-state index in [9.17, 15) is 9.59 Å². The summed E-state index contributed by atoms with van der Waals surface area (Å²) in [7, 11) is 1.67. The average Bonchev–Trinajstić information content (AvgIpc) is 2.61. The van der Waals surface area contributed by atoms with Crippen molar-refractivity contribution in [1.82, 2.24) is 10.2 Å². The zero-order chi connectivity index (χ0) is 19.6. The Morgan fingerprint density at radius 3 is 2.70 bits per heavy atom. The number of hydrogen-bond donors (Lipinski definition) is 0. The molecule has 27 heavy (non-hydrogen) atoms. The quantitative estimate of drug-likeness (QED) is 0.473. The van der Waals surface area contributed by atoms with Gasteiger partial charge in [0.05, 0.1) is 0 Å². The minimum absolute atomic E-state index is 0.0461. The molecule has 0 saturated heterocycles. The molecular formula is C18H15Cl2N3O4. The summed E-state index contributed by atoms with van der Waals surface area (Å²) in [6.07, 6.45) is 0. The molecule has 0 saturated carbocycles. The van der Waals surface area contributed by atoms with Crippen LogP contribution < -0.4 is 10.5 Å². The van der Waals surface area contributed by atoms with Crippen LogP contribution in [-0.4, -0.2) is 29.8 Å². The van der Waals surface area contributed by atoms with Crippen LogP contribution in [0.2, 0.25) is 10.2 Å². The molecule has 0 unspecified atom stereocenters. The maximum absolute atomic E-state index is 12.1. The van der Waals surface area contributed by atoms with Gasteiger partial charge >= 0.3 is 11.6 Å². The second-order valence-electron chi connectivity index (χ2n) is 5.92. The van der Waals surface area contributed by atoms with Crippen LogP contribution in [-0.2, 0) is 16.1 Å². The lowest BCUT2D eigenvalue weighted by atomic mass is 10.1. The van der Waals surface area contributed by atoms with Gasteiger partial charge < -0.3 is 14.1 Å². The van der Waals surface area contributed by atoms with Gasteiger partial charge in [0.15, 0.2) is 11.0 Å². The van der Waals surface area contributed by atoms with Crippen LogP contribution in [0.5, 0.6) is 0 Å². The normalized spacial score (nSPS) is 10.8. The van der Waals surface area contributed by atoms with Gasteiger partial charge in [-0.05, 0) is 36.8 Å². The third kappa shape index (κ3) is 4.56. The van der Waals surface area contributed by atoms with E-state index in [-0.39, 0.29) is 18.3 Å². The smallest absolute Gasteiger partial charge is 0.336 e. The van der Waals surface area contributed by atoms with E-state index in [1.54, 1.807) is 36.2 Å². The molecule has 0 N–H and O–H groups in total. The highest BCUT2D eigenvalue weighted by atomic mass is 35.5. The van der Waals surface area contributed by atoms with Gasteiger partial charge in [-0.25, -0.2) is 4.79 Å². The molecule has 0 aliphatic heterocycles. The second-order valence-corrected chi connectivity index (χ2v) is 6.71. The summed E-state index contributed by atoms with van der Waals surface area (Å²) in [5.41, 5.74) is 1.17. The number of fused-ring (bicyclic) bond motifs is 1. The molecule has 0 amide bonds. The third-order valence-electron chi connectivity index (χ3n) is 3.87. The monoisotopic (exact) mass is 407 g/mol. The van der Waals surface area contributed by atoms with Crippen molar-refractivity contribution in [2.75, 3.05) is 18.5 Å². The fraction of sp³-hybridized carbons (Fsp3) is 0.222. The summed E-state index contributed by atoms with van der Waals surface area (Å²) in [5, 5.41) is 9.03. The van der Waals surface area contributed by atoms with Crippen LogP contribution in [0.25, 0.3) is 11.0 Å². The molecular weight excluding hydrogens is 393 g/mol. The number of carbonyl (C=O) groups is 1. The number of nitrogens with zero attached hydrogens (tertiary/aromatic N) is 3. The Labute approximate surface area is 164 Å². The van der Waals surface area contributed by atoms with Gasteiger partial charge in [-0.1, -0.05) is 23.2 Å². The van der Waals surface area contributed by atoms with E-state index in [2.05, 4.69) is 10.2 Å². The molecule has 9 heteroatoms. The van der Waals surface area contributed by atoms with Crippen LogP contribution in [0, 0.1) is 6.92 Å². The van der Waals surface area contributed by atoms with E-state index in [0.29, 0.717) is 27.4 Å². The first-order chi connectivity index (χ1) is 12.8. The van der Waals surface area contributed by atoms with Crippen molar-refractivity contribution in [1.29, 1.82) is 0 Å². The molecule has 3 rings (SSSR count). The summed E-state index contributed by atoms with van der Waals surface area (Å²) in [4.78, 5) is 25.5. The molecule has 0 aliphatic rings. The number of aromatic nitrogens is 2. The van der Waals surface area contributed by atoms with E-state index in [1.165, 1.54) is 6.07 Å². The van der Waals surface area contributed by atoms with Crippen LogP contribution >= 0.6 is 23.2 Å². The van der Waals surface area contributed by atoms with Gasteiger partial charge in [0.1, 0.15) is 18.7 Å². The summed E-state index contributed by atoms with van der Waals surface area (Å²) in [6.45, 7) is 1.68. The number of anilines is 1. The van der Waals surface area contributed by atoms with Crippen molar-refractivity contribution >= 4 is 46.0 Å². The highest BCUT2D eigenvalue weighted by Gasteiger charge is 2.13. The van der Waals surface area contributed by atoms with Gasteiger partial charge in [-0.2, -0.15) is 0 Å². The topological polar surface area (TPSA) is 85.5 Å². The Morgan fingerprint density at radius 2 is 2.00 bits per heavy atom. The number of aryl methyl sites for hydroxylation is 1. The lowest BCUT2D eigenvalue weighted by Gasteiger charge is -2.16. The third-order valence-corrected chi connectivity index (χ3v) is 4.48. The minimum Gasteiger partial charge on any atom is -0.459 e. The van der Waals surface area contributed by atoms with Gasteiger partial charge in [0.25, 0.3) is 0 Å². The predicted molar refractivity (Wildman–Crippen MR) is 102 cm³/mol. The van der Waals surface area contributed by atoms with E-state index in [1.807, 2.05) is 6.92 Å². The number of hydrogen-bond acceptors (Lipinski definition) is 7. The molecule has 0 aliphatic carbocycles. The van der Waals surface area contributed by atoms with Gasteiger partial charge in [0, 0.05) is 29.1 Å². The number of likely N-dealkylation sites (N-methyl/N-ethyl adjacent to an activating group) is 1. The first-order valence-electron chi connectivity index (χ1n) is 7.92. The zero-order valence-corrected chi connectivity index (χ0v) is 16.0. The van der Waals surface area contributed by atoms with E-state index >= 15 is 0 Å². The number of esters is 1. The van der Waals surface area contributed by atoms with Crippen LogP contribution in [0.1, 0.15) is 11.1 Å². The van der Waals surface area contributed by atoms with E-state index in [0.717, 1.165) is 5.56 Å². The standard InChI is InChI=1S/C18H15Cl2N3O4/c1-10-5-14-12(7-13(10)19)11(6-17(24)27-14)9-26-18(25)8-23(2)16-4-3-15(20)21-22-16/h3-7H,8-9H2,1-2H3. The van der Waals surface area contributed by atoms with Crippen molar-refractivity contribution in [3.63, 3.8) is 0 Å². The largest absolute Gasteiger partial charge is 0.459 e. The number of carbonyl (C=O) groups excluding carboxylic acids is 1. The van der Waals surface area contributed by atoms with Crippen LogP contribution in [0.3, 0.4) is 0 Å². The van der Waals surface area contributed by atoms with Crippen molar-refractivity contribution < 1.29 is 13.9 Å². The first kappa shape index (κ1) is 19.1. The van der Waals surface area contributed by atoms with E-state index in [4.69, 9.17) is 32.4 Å². The van der Waals surface area contributed by atoms with Crippen molar-refractivity contribution in [2.45, 2.75) is 13.5 Å². The van der Waals surface area contributed by atoms with Gasteiger partial charge in [-0.15, -0.1) is 10.2 Å². The maximum atomic E-state index is 12.1. The molecule has 3 aromatic rings. The van der Waals surface area contributed by atoms with Crippen LogP contribution in [0.15, 0.2) is 39.5 Å². The summed E-state index contributed by atoms with van der Waals surface area (Å²) in [5.74, 6) is -0.0155. The molecule has 1 aromatic carbocycles. The van der Waals surface area contributed by atoms with Gasteiger partial charge in [-0.3, -0.25) is 4.79 Å². The summed E-state index contributed by atoms with van der Waals surface area (Å²) >= 11 is 11.8. The molecule has 0 atom stereocenters. The Bertz CT molecular complexity index is 1050. The van der Waals surface area contributed by atoms with E-state index < -0.39 is 11.6 Å². The summed E-state index contributed by atoms with van der Waals surface area (Å²) < 4.78 is 10.5. The molecule has 140 valence electrons. The molecule has 2 aromatic heterocycles. The van der Waals surface area contributed by atoms with Crippen molar-refractivity contribution in [2.24, 2.45) is 0 Å². The molecule has 0 bridgehead atoms. The lowest BCUT2D eigenvalue weighted by molar-refractivity contribution is -0.143. The Morgan fingerprint density at radius 1 is 1.22 bits per heavy atom. The molecule has 7 nitrogen and oxygen atoms in total. The maximum Gasteiger partial charge on any atom is 0.336 e. The minimum atomic E-state index is -0.524. The fourth-order valence-electron chi connectivity index (χ4n) is 2.46. The highest BCUT2D eigenvalue weighted by molar-refractivity contribution is 6.32. The van der Waals surface area contributed by atoms with Crippen molar-refractivity contribution in [3.8, 4) is 0 Å². The molecule has 0 spiro atoms. The molecule has 2 heterocycles. The fourth-order valence-corrected chi connectivity index (χ4v) is 2.72. The van der Waals surface area contributed by atoms with Crippen molar-refractivity contribution in [3.05, 3.63) is 62.1 Å². The number of rotatable bonds is 5. The highest BCUT2D eigenvalue weighted by Crippen LogP contribution is 2.25. The predicted octanol–water partition coefficient (Wildman–Crippen LogP) is 3.38. The first-order valence-corrected chi connectivity index (χ1v) is 8.68. The Kier molecular flexibility index (Phi) is 5.62.